The van der Waals surface area contributed by atoms with E-state index in [1.165, 1.54) is 6.08 Å². The molecule has 0 spiro atoms. The maximum absolute atomic E-state index is 11.2. The van der Waals surface area contributed by atoms with Crippen molar-refractivity contribution in [3.05, 3.63) is 47.1 Å². The van der Waals surface area contributed by atoms with Crippen molar-refractivity contribution in [2.24, 2.45) is 0 Å². The third-order valence-corrected chi connectivity index (χ3v) is 2.67. The van der Waals surface area contributed by atoms with Crippen molar-refractivity contribution in [2.75, 3.05) is 6.61 Å². The summed E-state index contributed by atoms with van der Waals surface area (Å²) in [6, 6.07) is 7.46. The van der Waals surface area contributed by atoms with Gasteiger partial charge in [-0.15, -0.1) is 0 Å². The van der Waals surface area contributed by atoms with Gasteiger partial charge in [0.1, 0.15) is 0 Å². The molecule has 0 bridgehead atoms. The summed E-state index contributed by atoms with van der Waals surface area (Å²) in [7, 11) is 0. The zero-order chi connectivity index (χ0) is 13.0. The van der Waals surface area contributed by atoms with Crippen molar-refractivity contribution in [3.63, 3.8) is 0 Å². The van der Waals surface area contributed by atoms with Gasteiger partial charge in [0.25, 0.3) is 0 Å². The molecule has 2 rings (SSSR count). The van der Waals surface area contributed by atoms with Crippen molar-refractivity contribution >= 4 is 34.5 Å². The van der Waals surface area contributed by atoms with Crippen LogP contribution in [0.15, 0.2) is 36.5 Å². The van der Waals surface area contributed by atoms with Gasteiger partial charge in [0.15, 0.2) is 0 Å². The third kappa shape index (κ3) is 2.87. The number of pyridine rings is 1. The van der Waals surface area contributed by atoms with Gasteiger partial charge < -0.3 is 4.74 Å². The molecule has 0 amide bonds. The molecule has 1 aromatic carbocycles. The summed E-state index contributed by atoms with van der Waals surface area (Å²) in [6.45, 7) is 2.13. The average molecular weight is 262 g/mol. The number of rotatable bonds is 3. The number of carbonyl (C=O) groups excluding carboxylic acids is 1. The molecular formula is C14H12ClNO2. The van der Waals surface area contributed by atoms with E-state index in [0.717, 1.165) is 16.5 Å². The Morgan fingerprint density at radius 2 is 2.33 bits per heavy atom. The van der Waals surface area contributed by atoms with Crippen LogP contribution in [0.1, 0.15) is 12.5 Å². The summed E-state index contributed by atoms with van der Waals surface area (Å²) in [5, 5.41) is 1.50. The van der Waals surface area contributed by atoms with E-state index in [-0.39, 0.29) is 5.97 Å². The highest BCUT2D eigenvalue weighted by molar-refractivity contribution is 6.35. The average Bonchev–Trinajstić information content (AvgIpc) is 2.37. The topological polar surface area (TPSA) is 39.2 Å². The Bertz CT molecular complexity index is 608. The van der Waals surface area contributed by atoms with Crippen molar-refractivity contribution in [3.8, 4) is 0 Å². The molecule has 0 saturated heterocycles. The van der Waals surface area contributed by atoms with Crippen molar-refractivity contribution in [2.45, 2.75) is 6.92 Å². The standard InChI is InChI=1S/C14H12ClNO2/c1-2-18-13(17)6-5-10-8-11-4-3-7-16-14(11)12(15)9-10/h3-9H,2H2,1H3/b6-5+. The maximum atomic E-state index is 11.2. The summed E-state index contributed by atoms with van der Waals surface area (Å²) in [5.74, 6) is -0.361. The zero-order valence-electron chi connectivity index (χ0n) is 9.89. The first-order valence-electron chi connectivity index (χ1n) is 5.60. The lowest BCUT2D eigenvalue weighted by Crippen LogP contribution is -1.98. The molecule has 18 heavy (non-hydrogen) atoms. The highest BCUT2D eigenvalue weighted by atomic mass is 35.5. The Labute approximate surface area is 110 Å². The molecule has 3 nitrogen and oxygen atoms in total. The molecular weight excluding hydrogens is 250 g/mol. The van der Waals surface area contributed by atoms with E-state index in [1.54, 1.807) is 25.3 Å². The number of esters is 1. The maximum Gasteiger partial charge on any atom is 0.330 e. The fraction of sp³-hybridized carbons (Fsp3) is 0.143. The van der Waals surface area contributed by atoms with Crippen LogP contribution in [0.2, 0.25) is 5.02 Å². The normalized spacial score (nSPS) is 11.0. The van der Waals surface area contributed by atoms with E-state index in [1.807, 2.05) is 18.2 Å². The highest BCUT2D eigenvalue weighted by Gasteiger charge is 2.02. The first-order chi connectivity index (χ1) is 8.70. The lowest BCUT2D eigenvalue weighted by molar-refractivity contribution is -0.137. The molecule has 0 fully saturated rings. The molecule has 0 unspecified atom stereocenters. The van der Waals surface area contributed by atoms with E-state index < -0.39 is 0 Å². The molecule has 4 heteroatoms. The van der Waals surface area contributed by atoms with Gasteiger partial charge in [-0.3, -0.25) is 4.98 Å². The van der Waals surface area contributed by atoms with Gasteiger partial charge in [0.2, 0.25) is 0 Å². The van der Waals surface area contributed by atoms with Crippen LogP contribution >= 0.6 is 11.6 Å². The van der Waals surface area contributed by atoms with Crippen molar-refractivity contribution < 1.29 is 9.53 Å². The minimum absolute atomic E-state index is 0.361. The van der Waals surface area contributed by atoms with E-state index in [2.05, 4.69) is 4.98 Å². The van der Waals surface area contributed by atoms with Crippen LogP contribution in [0.3, 0.4) is 0 Å². The Kier molecular flexibility index (Phi) is 3.95. The molecule has 0 radical (unpaired) electrons. The number of carbonyl (C=O) groups is 1. The van der Waals surface area contributed by atoms with Crippen LogP contribution in [0.25, 0.3) is 17.0 Å². The second-order valence-corrected chi connectivity index (χ2v) is 4.07. The van der Waals surface area contributed by atoms with Gasteiger partial charge >= 0.3 is 5.97 Å². The predicted molar refractivity (Wildman–Crippen MR) is 72.4 cm³/mol. The van der Waals surface area contributed by atoms with E-state index in [4.69, 9.17) is 16.3 Å². The van der Waals surface area contributed by atoms with E-state index >= 15 is 0 Å². The van der Waals surface area contributed by atoms with Gasteiger partial charge in [0, 0.05) is 17.7 Å². The monoisotopic (exact) mass is 261 g/mol. The predicted octanol–water partition coefficient (Wildman–Crippen LogP) is 3.46. The molecule has 0 atom stereocenters. The van der Waals surface area contributed by atoms with Crippen LogP contribution in [0, 0.1) is 0 Å². The van der Waals surface area contributed by atoms with Gasteiger partial charge in [-0.2, -0.15) is 0 Å². The van der Waals surface area contributed by atoms with Crippen LogP contribution in [-0.4, -0.2) is 17.6 Å². The summed E-state index contributed by atoms with van der Waals surface area (Å²) in [5.41, 5.74) is 1.60. The number of benzene rings is 1. The van der Waals surface area contributed by atoms with E-state index in [9.17, 15) is 4.79 Å². The summed E-state index contributed by atoms with van der Waals surface area (Å²) in [4.78, 5) is 15.4. The van der Waals surface area contributed by atoms with E-state index in [0.29, 0.717) is 11.6 Å². The Morgan fingerprint density at radius 3 is 3.11 bits per heavy atom. The fourth-order valence-corrected chi connectivity index (χ4v) is 1.90. The SMILES string of the molecule is CCOC(=O)/C=C/c1cc(Cl)c2ncccc2c1. The molecule has 0 aliphatic rings. The Morgan fingerprint density at radius 1 is 1.50 bits per heavy atom. The third-order valence-electron chi connectivity index (χ3n) is 2.38. The van der Waals surface area contributed by atoms with Crippen LogP contribution in [0.5, 0.6) is 0 Å². The van der Waals surface area contributed by atoms with Crippen LogP contribution in [0.4, 0.5) is 0 Å². The lowest BCUT2D eigenvalue weighted by atomic mass is 10.1. The number of ether oxygens (including phenoxy) is 1. The minimum Gasteiger partial charge on any atom is -0.463 e. The van der Waals surface area contributed by atoms with Crippen molar-refractivity contribution in [1.82, 2.24) is 4.98 Å². The van der Waals surface area contributed by atoms with Gasteiger partial charge in [-0.1, -0.05) is 17.7 Å². The summed E-state index contributed by atoms with van der Waals surface area (Å²) >= 11 is 6.13. The minimum atomic E-state index is -0.361. The Hall–Kier alpha value is -1.87. The fourth-order valence-electron chi connectivity index (χ4n) is 1.62. The number of fused-ring (bicyclic) bond motifs is 1. The molecule has 0 N–H and O–H groups in total. The molecule has 0 saturated carbocycles. The lowest BCUT2D eigenvalue weighted by Gasteiger charge is -2.01. The number of aromatic nitrogens is 1. The van der Waals surface area contributed by atoms with Crippen LogP contribution in [-0.2, 0) is 9.53 Å². The summed E-state index contributed by atoms with van der Waals surface area (Å²) in [6.07, 6.45) is 4.76. The number of halogens is 1. The first kappa shape index (κ1) is 12.6. The molecule has 2 aromatic rings. The van der Waals surface area contributed by atoms with Gasteiger partial charge in [-0.05, 0) is 36.8 Å². The second-order valence-electron chi connectivity index (χ2n) is 3.66. The first-order valence-corrected chi connectivity index (χ1v) is 5.97. The molecule has 0 aliphatic carbocycles. The second kappa shape index (κ2) is 5.65. The quantitative estimate of drug-likeness (QED) is 0.627. The molecule has 0 aliphatic heterocycles. The zero-order valence-corrected chi connectivity index (χ0v) is 10.6. The summed E-state index contributed by atoms with van der Waals surface area (Å²) < 4.78 is 4.81. The molecule has 1 heterocycles. The highest BCUT2D eigenvalue weighted by Crippen LogP contribution is 2.23. The van der Waals surface area contributed by atoms with Gasteiger partial charge in [-0.25, -0.2) is 4.79 Å². The Balaban J connectivity index is 2.32. The largest absolute Gasteiger partial charge is 0.463 e. The van der Waals surface area contributed by atoms with Gasteiger partial charge in [0.05, 0.1) is 17.1 Å². The van der Waals surface area contributed by atoms with Crippen molar-refractivity contribution in [1.29, 1.82) is 0 Å². The van der Waals surface area contributed by atoms with Crippen LogP contribution < -0.4 is 0 Å². The number of hydrogen-bond donors (Lipinski definition) is 0. The smallest absolute Gasteiger partial charge is 0.330 e. The number of nitrogens with zero attached hydrogens (tertiary/aromatic N) is 1. The number of hydrogen-bond acceptors (Lipinski definition) is 3. The molecule has 1 aromatic heterocycles. The molecule has 92 valence electrons.